The van der Waals surface area contributed by atoms with Gasteiger partial charge in [0.05, 0.1) is 17.5 Å². The topological polar surface area (TPSA) is 77.0 Å². The Labute approximate surface area is 181 Å². The van der Waals surface area contributed by atoms with Crippen molar-refractivity contribution in [2.75, 3.05) is 0 Å². The maximum Gasteiger partial charge on any atom is 0.251 e. The molecule has 0 fully saturated rings. The van der Waals surface area contributed by atoms with Crippen LogP contribution in [0.1, 0.15) is 22.8 Å². The van der Waals surface area contributed by atoms with Gasteiger partial charge in [0.25, 0.3) is 5.89 Å². The van der Waals surface area contributed by atoms with E-state index in [2.05, 4.69) is 15.2 Å². The molecule has 5 aromatic rings. The average Bonchev–Trinajstić information content (AvgIpc) is 3.37. The molecule has 0 aliphatic heterocycles. The molecule has 2 aromatic heterocycles. The molecule has 5 rings (SSSR count). The molecular formula is C24H18F2N4O2. The van der Waals surface area contributed by atoms with Gasteiger partial charge in [0.2, 0.25) is 5.89 Å². The predicted octanol–water partition coefficient (Wildman–Crippen LogP) is 5.02. The minimum absolute atomic E-state index is 0.0551. The predicted molar refractivity (Wildman–Crippen MR) is 114 cm³/mol. The number of imidazole rings is 1. The molecule has 32 heavy (non-hydrogen) atoms. The molecule has 3 aromatic carbocycles. The Morgan fingerprint density at radius 3 is 2.22 bits per heavy atom. The minimum Gasteiger partial charge on any atom is -0.505 e. The van der Waals surface area contributed by atoms with Crippen LogP contribution in [0.25, 0.3) is 22.5 Å². The summed E-state index contributed by atoms with van der Waals surface area (Å²) >= 11 is 0. The van der Waals surface area contributed by atoms with Crippen molar-refractivity contribution in [2.45, 2.75) is 19.9 Å². The van der Waals surface area contributed by atoms with Crippen LogP contribution >= 0.6 is 0 Å². The first-order valence-electron chi connectivity index (χ1n) is 9.98. The van der Waals surface area contributed by atoms with Gasteiger partial charge >= 0.3 is 0 Å². The summed E-state index contributed by atoms with van der Waals surface area (Å²) in [5, 5.41) is 19.0. The average molecular weight is 432 g/mol. The van der Waals surface area contributed by atoms with E-state index < -0.39 is 0 Å². The van der Waals surface area contributed by atoms with Crippen molar-refractivity contribution in [3.63, 3.8) is 0 Å². The molecule has 8 heteroatoms. The van der Waals surface area contributed by atoms with Crippen LogP contribution in [-0.4, -0.2) is 24.9 Å². The van der Waals surface area contributed by atoms with Gasteiger partial charge in [0.1, 0.15) is 23.0 Å². The molecule has 0 radical (unpaired) electrons. The number of phenols is 1. The van der Waals surface area contributed by atoms with Crippen molar-refractivity contribution >= 4 is 11.0 Å². The third-order valence-electron chi connectivity index (χ3n) is 5.30. The zero-order valence-electron chi connectivity index (χ0n) is 17.1. The lowest BCUT2D eigenvalue weighted by atomic mass is 10.1. The molecule has 2 heterocycles. The number of fused-ring (bicyclic) bond motifs is 1. The molecule has 1 N–H and O–H groups in total. The number of hydrogen-bond acceptors (Lipinski definition) is 5. The number of phenolic OH excluding ortho intramolecular Hbond substituents is 1. The Kier molecular flexibility index (Phi) is 4.89. The molecule has 6 nitrogen and oxygen atoms in total. The van der Waals surface area contributed by atoms with Crippen molar-refractivity contribution < 1.29 is 18.3 Å². The lowest BCUT2D eigenvalue weighted by Crippen LogP contribution is -2.02. The van der Waals surface area contributed by atoms with Crippen LogP contribution in [0.15, 0.2) is 65.1 Å². The summed E-state index contributed by atoms with van der Waals surface area (Å²) in [5.41, 5.74) is 3.28. The quantitative estimate of drug-likeness (QED) is 0.422. The third-order valence-corrected chi connectivity index (χ3v) is 5.30. The summed E-state index contributed by atoms with van der Waals surface area (Å²) in [7, 11) is 0. The number of aryl methyl sites for hydroxylation is 1. The molecule has 0 amide bonds. The van der Waals surface area contributed by atoms with E-state index in [1.165, 1.54) is 24.3 Å². The minimum atomic E-state index is -0.313. The second-order valence-corrected chi connectivity index (χ2v) is 7.51. The summed E-state index contributed by atoms with van der Waals surface area (Å²) in [6.45, 7) is 2.33. The van der Waals surface area contributed by atoms with E-state index in [4.69, 9.17) is 4.42 Å². The summed E-state index contributed by atoms with van der Waals surface area (Å²) < 4.78 is 34.0. The van der Waals surface area contributed by atoms with Crippen LogP contribution < -0.4 is 0 Å². The molecular weight excluding hydrogens is 414 g/mol. The van der Waals surface area contributed by atoms with Gasteiger partial charge in [-0.25, -0.2) is 13.8 Å². The first-order valence-corrected chi connectivity index (χ1v) is 9.98. The van der Waals surface area contributed by atoms with Gasteiger partial charge < -0.3 is 14.1 Å². The Balaban J connectivity index is 1.46. The SMILES string of the molecule is Cc1nc2c(O)c(-c3nnc(Cc4ccc(F)cc4)o3)ccc2n1Cc1ccc(F)cc1. The van der Waals surface area contributed by atoms with E-state index in [1.807, 2.05) is 17.6 Å². The van der Waals surface area contributed by atoms with Gasteiger partial charge in [-0.1, -0.05) is 24.3 Å². The highest BCUT2D eigenvalue weighted by Crippen LogP contribution is 2.35. The van der Waals surface area contributed by atoms with Crippen LogP contribution in [0.5, 0.6) is 5.75 Å². The molecule has 0 saturated carbocycles. The van der Waals surface area contributed by atoms with Gasteiger partial charge in [-0.05, 0) is 54.4 Å². The maximum absolute atomic E-state index is 13.2. The second kappa shape index (κ2) is 7.88. The molecule has 0 spiro atoms. The van der Waals surface area contributed by atoms with E-state index >= 15 is 0 Å². The first-order chi connectivity index (χ1) is 15.5. The molecule has 0 atom stereocenters. The molecule has 160 valence electrons. The van der Waals surface area contributed by atoms with Gasteiger partial charge in [-0.15, -0.1) is 10.2 Å². The van der Waals surface area contributed by atoms with Crippen LogP contribution in [0.2, 0.25) is 0 Å². The highest BCUT2D eigenvalue weighted by atomic mass is 19.1. The standard InChI is InChI=1S/C24H18F2N4O2/c1-14-27-22-20(30(14)13-16-4-8-18(26)9-5-16)11-10-19(23(22)31)24-29-28-21(32-24)12-15-2-6-17(25)7-3-15/h2-11,31H,12-13H2,1H3. The lowest BCUT2D eigenvalue weighted by molar-refractivity contribution is 0.474. The van der Waals surface area contributed by atoms with Crippen LogP contribution in [0.3, 0.4) is 0 Å². The van der Waals surface area contributed by atoms with E-state index in [-0.39, 0.29) is 23.3 Å². The van der Waals surface area contributed by atoms with Gasteiger partial charge in [0, 0.05) is 6.54 Å². The van der Waals surface area contributed by atoms with E-state index in [1.54, 1.807) is 30.3 Å². The molecule has 0 unspecified atom stereocenters. The lowest BCUT2D eigenvalue weighted by Gasteiger charge is -2.08. The van der Waals surface area contributed by atoms with Crippen molar-refractivity contribution in [2.24, 2.45) is 0 Å². The first kappa shape index (κ1) is 19.9. The zero-order chi connectivity index (χ0) is 22.2. The van der Waals surface area contributed by atoms with Crippen molar-refractivity contribution in [1.82, 2.24) is 19.7 Å². The van der Waals surface area contributed by atoms with E-state index in [9.17, 15) is 13.9 Å². The number of aromatic hydroxyl groups is 1. The number of rotatable bonds is 5. The fraction of sp³-hybridized carbons (Fsp3) is 0.125. The Bertz CT molecular complexity index is 1410. The van der Waals surface area contributed by atoms with Crippen molar-refractivity contribution in [3.8, 4) is 17.2 Å². The number of hydrogen-bond donors (Lipinski definition) is 1. The van der Waals surface area contributed by atoms with Crippen LogP contribution in [-0.2, 0) is 13.0 Å². The smallest absolute Gasteiger partial charge is 0.251 e. The molecule has 0 aliphatic rings. The van der Waals surface area contributed by atoms with Crippen LogP contribution in [0, 0.1) is 18.6 Å². The fourth-order valence-electron chi connectivity index (χ4n) is 3.65. The summed E-state index contributed by atoms with van der Waals surface area (Å²) in [5.74, 6) is 0.574. The molecule has 0 bridgehead atoms. The van der Waals surface area contributed by atoms with Gasteiger partial charge in [-0.3, -0.25) is 0 Å². The fourth-order valence-corrected chi connectivity index (χ4v) is 3.65. The van der Waals surface area contributed by atoms with Crippen LogP contribution in [0.4, 0.5) is 8.78 Å². The largest absolute Gasteiger partial charge is 0.505 e. The second-order valence-electron chi connectivity index (χ2n) is 7.51. The highest BCUT2D eigenvalue weighted by Gasteiger charge is 2.19. The Morgan fingerprint density at radius 2 is 1.53 bits per heavy atom. The van der Waals surface area contributed by atoms with Crippen molar-refractivity contribution in [3.05, 3.63) is 95.1 Å². The monoisotopic (exact) mass is 432 g/mol. The van der Waals surface area contributed by atoms with Gasteiger partial charge in [-0.2, -0.15) is 0 Å². The Morgan fingerprint density at radius 1 is 0.875 bits per heavy atom. The summed E-state index contributed by atoms with van der Waals surface area (Å²) in [4.78, 5) is 4.51. The number of nitrogens with zero attached hydrogens (tertiary/aromatic N) is 4. The molecule has 0 aliphatic carbocycles. The summed E-state index contributed by atoms with van der Waals surface area (Å²) in [6, 6.07) is 15.8. The number of benzene rings is 3. The highest BCUT2D eigenvalue weighted by molar-refractivity contribution is 5.89. The normalized spacial score (nSPS) is 11.3. The molecule has 0 saturated heterocycles. The van der Waals surface area contributed by atoms with Crippen molar-refractivity contribution in [1.29, 1.82) is 0 Å². The van der Waals surface area contributed by atoms with E-state index in [0.717, 1.165) is 16.6 Å². The number of halogens is 2. The maximum atomic E-state index is 13.2. The zero-order valence-corrected chi connectivity index (χ0v) is 17.1. The van der Waals surface area contributed by atoms with Gasteiger partial charge in [0.15, 0.2) is 5.75 Å². The third kappa shape index (κ3) is 3.71. The number of aromatic nitrogens is 4. The Hall–Kier alpha value is -4.07. The van der Waals surface area contributed by atoms with E-state index in [0.29, 0.717) is 35.8 Å². The summed E-state index contributed by atoms with van der Waals surface area (Å²) in [6.07, 6.45) is 0.349.